The van der Waals surface area contributed by atoms with Gasteiger partial charge in [0.25, 0.3) is 5.91 Å². The van der Waals surface area contributed by atoms with E-state index in [0.717, 1.165) is 11.3 Å². The number of thiophene rings is 1. The van der Waals surface area contributed by atoms with E-state index in [0.29, 0.717) is 28.8 Å². The third-order valence-electron chi connectivity index (χ3n) is 2.72. The lowest BCUT2D eigenvalue weighted by Crippen LogP contribution is -2.13. The smallest absolute Gasteiger partial charge is 0.398 e. The fourth-order valence-electron chi connectivity index (χ4n) is 1.59. The Morgan fingerprint density at radius 2 is 1.95 bits per heavy atom. The first-order valence-corrected chi connectivity index (χ1v) is 6.54. The van der Waals surface area contributed by atoms with Crippen molar-refractivity contribution in [2.75, 3.05) is 11.1 Å². The zero-order chi connectivity index (χ0) is 15.8. The number of carbonyl (C=O) groups excluding carboxylic acids is 1. The Morgan fingerprint density at radius 1 is 1.29 bits per heavy atom. The van der Waals surface area contributed by atoms with Gasteiger partial charge < -0.3 is 11.1 Å². The minimum atomic E-state index is -4.61. The van der Waals surface area contributed by atoms with Crippen molar-refractivity contribution < 1.29 is 22.4 Å². The van der Waals surface area contributed by atoms with E-state index in [2.05, 4.69) is 5.32 Å². The van der Waals surface area contributed by atoms with Gasteiger partial charge in [0.15, 0.2) is 0 Å². The highest BCUT2D eigenvalue weighted by Gasteiger charge is 2.31. The van der Waals surface area contributed by atoms with Gasteiger partial charge >= 0.3 is 6.18 Å². The average Bonchev–Trinajstić information content (AvgIpc) is 2.71. The van der Waals surface area contributed by atoms with E-state index < -0.39 is 29.2 Å². The molecule has 0 atom stereocenters. The van der Waals surface area contributed by atoms with Crippen LogP contribution in [-0.2, 0) is 6.18 Å². The predicted octanol–water partition coefficient (Wildman–Crippen LogP) is 4.05. The number of hydrogen-bond donors (Lipinski definition) is 2. The van der Waals surface area contributed by atoms with Gasteiger partial charge in [-0.2, -0.15) is 13.2 Å². The molecule has 2 rings (SSSR count). The van der Waals surface area contributed by atoms with Gasteiger partial charge in [-0.1, -0.05) is 0 Å². The monoisotopic (exact) mass is 318 g/mol. The molecule has 8 heteroatoms. The van der Waals surface area contributed by atoms with Gasteiger partial charge in [0.1, 0.15) is 5.82 Å². The summed E-state index contributed by atoms with van der Waals surface area (Å²) in [5.74, 6) is -1.66. The van der Waals surface area contributed by atoms with Crippen LogP contribution in [0.25, 0.3) is 0 Å². The van der Waals surface area contributed by atoms with Crippen LogP contribution >= 0.6 is 11.3 Å². The molecule has 1 aromatic carbocycles. The summed E-state index contributed by atoms with van der Waals surface area (Å²) in [4.78, 5) is 12.8. The maximum absolute atomic E-state index is 13.5. The Kier molecular flexibility index (Phi) is 3.91. The second-order valence-corrected chi connectivity index (χ2v) is 5.53. The van der Waals surface area contributed by atoms with E-state index >= 15 is 0 Å². The fourth-order valence-corrected chi connectivity index (χ4v) is 2.43. The van der Waals surface area contributed by atoms with Gasteiger partial charge in [0.2, 0.25) is 0 Å². The van der Waals surface area contributed by atoms with Crippen molar-refractivity contribution in [3.05, 3.63) is 45.4 Å². The molecule has 0 saturated carbocycles. The maximum Gasteiger partial charge on any atom is 0.416 e. The quantitative estimate of drug-likeness (QED) is 0.821. The number of hydrogen-bond acceptors (Lipinski definition) is 3. The first kappa shape index (κ1) is 15.3. The molecule has 0 aliphatic carbocycles. The largest absolute Gasteiger partial charge is 0.416 e. The van der Waals surface area contributed by atoms with E-state index in [9.17, 15) is 22.4 Å². The molecular formula is C13H10F4N2OS. The topological polar surface area (TPSA) is 55.1 Å². The third kappa shape index (κ3) is 3.33. The van der Waals surface area contributed by atoms with Gasteiger partial charge in [0, 0.05) is 10.6 Å². The van der Waals surface area contributed by atoms with Crippen LogP contribution in [-0.4, -0.2) is 5.91 Å². The molecule has 3 N–H and O–H groups in total. The molecule has 2 aromatic rings. The molecule has 1 aromatic heterocycles. The van der Waals surface area contributed by atoms with Crippen molar-refractivity contribution in [3.8, 4) is 0 Å². The number of amides is 1. The first-order valence-electron chi connectivity index (χ1n) is 5.72. The molecule has 0 unspecified atom stereocenters. The lowest BCUT2D eigenvalue weighted by Gasteiger charge is -2.10. The van der Waals surface area contributed by atoms with Crippen molar-refractivity contribution in [1.82, 2.24) is 0 Å². The Hall–Kier alpha value is -2.09. The number of carbonyl (C=O) groups is 1. The fraction of sp³-hybridized carbons (Fsp3) is 0.154. The number of anilines is 2. The SMILES string of the molecule is Cc1sc(C(=O)Nc2cc(C(F)(F)F)ccc2F)cc1N. The summed E-state index contributed by atoms with van der Waals surface area (Å²) in [6.45, 7) is 1.70. The minimum absolute atomic E-state index is 0.196. The highest BCUT2D eigenvalue weighted by molar-refractivity contribution is 7.14. The molecule has 3 nitrogen and oxygen atoms in total. The Morgan fingerprint density at radius 3 is 2.48 bits per heavy atom. The molecule has 0 radical (unpaired) electrons. The van der Waals surface area contributed by atoms with Crippen LogP contribution in [0.15, 0.2) is 24.3 Å². The molecule has 112 valence electrons. The second-order valence-electron chi connectivity index (χ2n) is 4.27. The van der Waals surface area contributed by atoms with Crippen molar-refractivity contribution in [2.24, 2.45) is 0 Å². The molecule has 0 spiro atoms. The van der Waals surface area contributed by atoms with Crippen LogP contribution in [0.4, 0.5) is 28.9 Å². The van der Waals surface area contributed by atoms with Crippen LogP contribution in [0.3, 0.4) is 0 Å². The number of aryl methyl sites for hydroxylation is 1. The average molecular weight is 318 g/mol. The Labute approximate surface area is 121 Å². The van der Waals surface area contributed by atoms with E-state index in [-0.39, 0.29) is 4.88 Å². The maximum atomic E-state index is 13.5. The summed E-state index contributed by atoms with van der Waals surface area (Å²) in [5, 5.41) is 2.12. The van der Waals surface area contributed by atoms with Crippen molar-refractivity contribution >= 4 is 28.6 Å². The van der Waals surface area contributed by atoms with Crippen molar-refractivity contribution in [3.63, 3.8) is 0 Å². The van der Waals surface area contributed by atoms with Crippen molar-refractivity contribution in [1.29, 1.82) is 0 Å². The summed E-state index contributed by atoms with van der Waals surface area (Å²) in [6, 6.07) is 3.21. The molecule has 0 aliphatic heterocycles. The lowest BCUT2D eigenvalue weighted by molar-refractivity contribution is -0.137. The van der Waals surface area contributed by atoms with E-state index in [1.807, 2.05) is 0 Å². The van der Waals surface area contributed by atoms with E-state index in [1.165, 1.54) is 6.07 Å². The van der Waals surface area contributed by atoms with Gasteiger partial charge in [-0.15, -0.1) is 11.3 Å². The molecule has 0 aliphatic rings. The van der Waals surface area contributed by atoms with Crippen molar-refractivity contribution in [2.45, 2.75) is 13.1 Å². The molecule has 0 fully saturated rings. The van der Waals surface area contributed by atoms with E-state index in [1.54, 1.807) is 6.92 Å². The molecule has 1 amide bonds. The lowest BCUT2D eigenvalue weighted by atomic mass is 10.2. The van der Waals surface area contributed by atoms with Crippen LogP contribution in [0, 0.1) is 12.7 Å². The highest BCUT2D eigenvalue weighted by atomic mass is 32.1. The van der Waals surface area contributed by atoms with Crippen LogP contribution in [0.5, 0.6) is 0 Å². The normalized spacial score (nSPS) is 11.5. The number of nitrogens with two attached hydrogens (primary N) is 1. The third-order valence-corrected chi connectivity index (χ3v) is 3.79. The number of rotatable bonds is 2. The first-order chi connectivity index (χ1) is 9.68. The summed E-state index contributed by atoms with van der Waals surface area (Å²) in [6.07, 6.45) is -4.61. The minimum Gasteiger partial charge on any atom is -0.398 e. The van der Waals surface area contributed by atoms with Crippen LogP contribution < -0.4 is 11.1 Å². The number of nitrogen functional groups attached to an aromatic ring is 1. The Bertz CT molecular complexity index is 674. The number of alkyl halides is 3. The zero-order valence-corrected chi connectivity index (χ0v) is 11.5. The summed E-state index contributed by atoms with van der Waals surface area (Å²) < 4.78 is 51.2. The van der Waals surface area contributed by atoms with Gasteiger partial charge in [-0.3, -0.25) is 4.79 Å². The molecule has 0 saturated heterocycles. The number of nitrogens with one attached hydrogen (secondary N) is 1. The van der Waals surface area contributed by atoms with Gasteiger partial charge in [-0.25, -0.2) is 4.39 Å². The van der Waals surface area contributed by atoms with Gasteiger partial charge in [0.05, 0.1) is 16.1 Å². The Balaban J connectivity index is 2.28. The molecule has 0 bridgehead atoms. The standard InChI is InChI=1S/C13H10F4N2OS/c1-6-9(18)5-11(21-6)12(20)19-10-4-7(13(15,16)17)2-3-8(10)14/h2-5H,18H2,1H3,(H,19,20). The second kappa shape index (κ2) is 5.36. The predicted molar refractivity (Wildman–Crippen MR) is 72.8 cm³/mol. The number of halogens is 4. The summed E-state index contributed by atoms with van der Waals surface area (Å²) in [5.41, 5.74) is 4.42. The highest BCUT2D eigenvalue weighted by Crippen LogP contribution is 2.32. The molecular weight excluding hydrogens is 308 g/mol. The van der Waals surface area contributed by atoms with Gasteiger partial charge in [-0.05, 0) is 31.2 Å². The zero-order valence-electron chi connectivity index (χ0n) is 10.7. The van der Waals surface area contributed by atoms with Crippen LogP contribution in [0.1, 0.15) is 20.1 Å². The van der Waals surface area contributed by atoms with E-state index in [4.69, 9.17) is 5.73 Å². The molecule has 1 heterocycles. The van der Waals surface area contributed by atoms with Crippen LogP contribution in [0.2, 0.25) is 0 Å². The molecule has 21 heavy (non-hydrogen) atoms. The summed E-state index contributed by atoms with van der Waals surface area (Å²) >= 11 is 1.08. The summed E-state index contributed by atoms with van der Waals surface area (Å²) in [7, 11) is 0. The number of benzene rings is 1.